The Morgan fingerprint density at radius 3 is 2.64 bits per heavy atom. The first kappa shape index (κ1) is 17.4. The van der Waals surface area contributed by atoms with E-state index in [-0.39, 0.29) is 6.79 Å². The summed E-state index contributed by atoms with van der Waals surface area (Å²) in [5.74, 6) is 1.63. The van der Waals surface area contributed by atoms with Crippen molar-refractivity contribution in [2.24, 2.45) is 0 Å². The first-order chi connectivity index (χ1) is 13.7. The fraction of sp³-hybridized carbons (Fsp3) is 0.105. The molecule has 0 amide bonds. The van der Waals surface area contributed by atoms with E-state index in [0.717, 1.165) is 5.69 Å². The summed E-state index contributed by atoms with van der Waals surface area (Å²) in [5.41, 5.74) is 8.14. The van der Waals surface area contributed by atoms with Crippen LogP contribution < -0.4 is 25.8 Å². The molecular weight excluding hydrogens is 362 g/mol. The van der Waals surface area contributed by atoms with Crippen LogP contribution in [-0.2, 0) is 4.74 Å². The fourth-order valence-corrected chi connectivity index (χ4v) is 2.71. The highest BCUT2D eigenvalue weighted by Gasteiger charge is 2.16. The van der Waals surface area contributed by atoms with Crippen molar-refractivity contribution in [2.75, 3.05) is 30.3 Å². The SMILES string of the molecule is COC(=O)c1ccccc1Nc1ncnc(Nc2ccc3c(c2)OCO3)c1N. The van der Waals surface area contributed by atoms with Gasteiger partial charge in [0.15, 0.2) is 23.1 Å². The van der Waals surface area contributed by atoms with Crippen molar-refractivity contribution in [3.8, 4) is 11.5 Å². The molecule has 0 aliphatic carbocycles. The number of fused-ring (bicyclic) bond motifs is 1. The lowest BCUT2D eigenvalue weighted by Gasteiger charge is -2.14. The quantitative estimate of drug-likeness (QED) is 0.574. The maximum atomic E-state index is 11.9. The molecule has 1 aliphatic rings. The van der Waals surface area contributed by atoms with E-state index in [1.165, 1.54) is 13.4 Å². The number of nitrogen functional groups attached to an aromatic ring is 1. The standard InChI is InChI=1S/C19H17N5O4/c1-26-19(25)12-4-2-3-5-13(12)24-18-16(20)17(21-9-22-18)23-11-6-7-14-15(8-11)28-10-27-14/h2-9H,10,20H2,1H3,(H2,21,22,23,24). The van der Waals surface area contributed by atoms with Gasteiger partial charge >= 0.3 is 5.97 Å². The molecule has 1 aromatic heterocycles. The van der Waals surface area contributed by atoms with Gasteiger partial charge in [-0.15, -0.1) is 0 Å². The van der Waals surface area contributed by atoms with Gasteiger partial charge in [-0.25, -0.2) is 14.8 Å². The Bertz CT molecular complexity index is 1040. The number of rotatable bonds is 5. The normalized spacial score (nSPS) is 11.8. The number of esters is 1. The van der Waals surface area contributed by atoms with E-state index < -0.39 is 5.97 Å². The van der Waals surface area contributed by atoms with Gasteiger partial charge in [0.2, 0.25) is 6.79 Å². The van der Waals surface area contributed by atoms with Gasteiger partial charge in [0.05, 0.1) is 18.4 Å². The van der Waals surface area contributed by atoms with Crippen LogP contribution in [0.3, 0.4) is 0 Å². The third kappa shape index (κ3) is 3.32. The highest BCUT2D eigenvalue weighted by Crippen LogP contribution is 2.36. The average molecular weight is 379 g/mol. The van der Waals surface area contributed by atoms with E-state index in [2.05, 4.69) is 20.6 Å². The number of anilines is 5. The van der Waals surface area contributed by atoms with Crippen LogP contribution in [0.4, 0.5) is 28.7 Å². The number of nitrogens with zero attached hydrogens (tertiary/aromatic N) is 2. The van der Waals surface area contributed by atoms with Gasteiger partial charge in [0.1, 0.15) is 12.0 Å². The molecule has 3 aromatic rings. The molecule has 0 saturated heterocycles. The zero-order chi connectivity index (χ0) is 19.5. The monoisotopic (exact) mass is 379 g/mol. The number of methoxy groups -OCH3 is 1. The second kappa shape index (κ2) is 7.31. The van der Waals surface area contributed by atoms with Crippen molar-refractivity contribution >= 4 is 34.7 Å². The molecule has 0 fully saturated rings. The third-order valence-electron chi connectivity index (χ3n) is 4.10. The Morgan fingerprint density at radius 1 is 1.07 bits per heavy atom. The number of carbonyl (C=O) groups excluding carboxylic acids is 1. The van der Waals surface area contributed by atoms with Gasteiger partial charge in [0, 0.05) is 11.8 Å². The molecule has 0 unspecified atom stereocenters. The number of aromatic nitrogens is 2. The number of carbonyl (C=O) groups is 1. The summed E-state index contributed by atoms with van der Waals surface area (Å²) in [6, 6.07) is 12.3. The van der Waals surface area contributed by atoms with Gasteiger partial charge < -0.3 is 30.6 Å². The molecule has 28 heavy (non-hydrogen) atoms. The molecule has 0 bridgehead atoms. The van der Waals surface area contributed by atoms with E-state index >= 15 is 0 Å². The van der Waals surface area contributed by atoms with Crippen LogP contribution in [0.1, 0.15) is 10.4 Å². The first-order valence-corrected chi connectivity index (χ1v) is 8.37. The van der Waals surface area contributed by atoms with Crippen molar-refractivity contribution in [2.45, 2.75) is 0 Å². The maximum Gasteiger partial charge on any atom is 0.339 e. The topological polar surface area (TPSA) is 121 Å². The van der Waals surface area contributed by atoms with Crippen molar-refractivity contribution in [3.05, 3.63) is 54.4 Å². The number of hydrogen-bond donors (Lipinski definition) is 3. The van der Waals surface area contributed by atoms with Crippen LogP contribution in [-0.4, -0.2) is 29.8 Å². The molecule has 9 heteroatoms. The Kier molecular flexibility index (Phi) is 4.55. The minimum absolute atomic E-state index is 0.197. The van der Waals surface area contributed by atoms with E-state index in [1.54, 1.807) is 36.4 Å². The van der Waals surface area contributed by atoms with E-state index in [0.29, 0.717) is 40.1 Å². The van der Waals surface area contributed by atoms with E-state index in [1.807, 2.05) is 6.07 Å². The molecule has 0 saturated carbocycles. The molecular formula is C19H17N5O4. The lowest BCUT2D eigenvalue weighted by molar-refractivity contribution is 0.0602. The van der Waals surface area contributed by atoms with Crippen molar-refractivity contribution in [1.82, 2.24) is 9.97 Å². The number of hydrogen-bond acceptors (Lipinski definition) is 9. The zero-order valence-corrected chi connectivity index (χ0v) is 14.9. The molecule has 4 N–H and O–H groups in total. The molecule has 0 spiro atoms. The number of para-hydroxylation sites is 1. The average Bonchev–Trinajstić information content (AvgIpc) is 3.19. The number of nitrogens with one attached hydrogen (secondary N) is 2. The summed E-state index contributed by atoms with van der Waals surface area (Å²) in [6.45, 7) is 0.197. The van der Waals surface area contributed by atoms with Crippen LogP contribution in [0.15, 0.2) is 48.8 Å². The predicted molar refractivity (Wildman–Crippen MR) is 103 cm³/mol. The van der Waals surface area contributed by atoms with E-state index in [4.69, 9.17) is 19.9 Å². The maximum absolute atomic E-state index is 11.9. The Hall–Kier alpha value is -4.01. The molecule has 1 aliphatic heterocycles. The first-order valence-electron chi connectivity index (χ1n) is 8.37. The zero-order valence-electron chi connectivity index (χ0n) is 14.9. The minimum Gasteiger partial charge on any atom is -0.465 e. The summed E-state index contributed by atoms with van der Waals surface area (Å²) in [6.07, 6.45) is 1.37. The number of nitrogens with two attached hydrogens (primary N) is 1. The summed E-state index contributed by atoms with van der Waals surface area (Å²) in [5, 5.41) is 6.20. The summed E-state index contributed by atoms with van der Waals surface area (Å²) in [4.78, 5) is 20.3. The predicted octanol–water partition coefficient (Wildman–Crippen LogP) is 3.06. The summed E-state index contributed by atoms with van der Waals surface area (Å²) >= 11 is 0. The molecule has 142 valence electrons. The Morgan fingerprint density at radius 2 is 1.82 bits per heavy atom. The smallest absolute Gasteiger partial charge is 0.339 e. The van der Waals surface area contributed by atoms with E-state index in [9.17, 15) is 4.79 Å². The van der Waals surface area contributed by atoms with Gasteiger partial charge in [-0.3, -0.25) is 0 Å². The van der Waals surface area contributed by atoms with Crippen LogP contribution in [0, 0.1) is 0 Å². The van der Waals surface area contributed by atoms with Gasteiger partial charge in [-0.05, 0) is 24.3 Å². The largest absolute Gasteiger partial charge is 0.465 e. The Labute approximate surface area is 160 Å². The van der Waals surface area contributed by atoms with Crippen molar-refractivity contribution < 1.29 is 19.0 Å². The molecule has 9 nitrogen and oxygen atoms in total. The lowest BCUT2D eigenvalue weighted by Crippen LogP contribution is -2.09. The second-order valence-corrected chi connectivity index (χ2v) is 5.84. The third-order valence-corrected chi connectivity index (χ3v) is 4.10. The van der Waals surface area contributed by atoms with Gasteiger partial charge in [-0.2, -0.15) is 0 Å². The summed E-state index contributed by atoms with van der Waals surface area (Å²) < 4.78 is 15.5. The summed E-state index contributed by atoms with van der Waals surface area (Å²) in [7, 11) is 1.32. The van der Waals surface area contributed by atoms with Crippen molar-refractivity contribution in [3.63, 3.8) is 0 Å². The van der Waals surface area contributed by atoms with Crippen LogP contribution in [0.2, 0.25) is 0 Å². The molecule has 2 aromatic carbocycles. The fourth-order valence-electron chi connectivity index (χ4n) is 2.71. The lowest BCUT2D eigenvalue weighted by atomic mass is 10.2. The van der Waals surface area contributed by atoms with Gasteiger partial charge in [0.25, 0.3) is 0 Å². The van der Waals surface area contributed by atoms with Crippen LogP contribution in [0.5, 0.6) is 11.5 Å². The highest BCUT2D eigenvalue weighted by molar-refractivity contribution is 5.97. The number of ether oxygens (including phenoxy) is 3. The minimum atomic E-state index is -0.463. The Balaban J connectivity index is 1.60. The number of benzene rings is 2. The molecule has 2 heterocycles. The van der Waals surface area contributed by atoms with Crippen LogP contribution in [0.25, 0.3) is 0 Å². The van der Waals surface area contributed by atoms with Crippen molar-refractivity contribution in [1.29, 1.82) is 0 Å². The van der Waals surface area contributed by atoms with Gasteiger partial charge in [-0.1, -0.05) is 12.1 Å². The second-order valence-electron chi connectivity index (χ2n) is 5.84. The highest BCUT2D eigenvalue weighted by atomic mass is 16.7. The molecule has 0 radical (unpaired) electrons. The van der Waals surface area contributed by atoms with Crippen LogP contribution >= 0.6 is 0 Å². The molecule has 0 atom stereocenters. The molecule has 4 rings (SSSR count).